The van der Waals surface area contributed by atoms with E-state index >= 15 is 0 Å². The highest BCUT2D eigenvalue weighted by molar-refractivity contribution is 5.70. The van der Waals surface area contributed by atoms with Crippen LogP contribution in [0, 0.1) is 0 Å². The Morgan fingerprint density at radius 3 is 1.57 bits per heavy atom. The fourth-order valence-electron chi connectivity index (χ4n) is 5.71. The van der Waals surface area contributed by atoms with Crippen molar-refractivity contribution in [2.24, 2.45) is 0 Å². The fourth-order valence-corrected chi connectivity index (χ4v) is 5.71. The van der Waals surface area contributed by atoms with Crippen LogP contribution in [0.2, 0.25) is 0 Å². The molecule has 51 heavy (non-hydrogen) atoms. The second-order valence-electron chi connectivity index (χ2n) is 13.8. The Bertz CT molecular complexity index is 1040. The van der Waals surface area contributed by atoms with E-state index in [1.54, 1.807) is 0 Å². The van der Waals surface area contributed by atoms with E-state index in [-0.39, 0.29) is 25.2 Å². The molecule has 0 heterocycles. The molecule has 0 aliphatic rings. The van der Waals surface area contributed by atoms with E-state index < -0.39 is 6.10 Å². The van der Waals surface area contributed by atoms with Crippen LogP contribution in [0.1, 0.15) is 174 Å². The quantitative estimate of drug-likeness (QED) is 0.0399. The largest absolute Gasteiger partial charge is 0.462 e. The number of allylic oxidation sites excluding steroid dienone is 8. The zero-order valence-electron chi connectivity index (χ0n) is 32.7. The van der Waals surface area contributed by atoms with Crippen molar-refractivity contribution in [3.05, 3.63) is 84.5 Å². The molecule has 0 N–H and O–H groups in total. The molecule has 288 valence electrons. The molecule has 0 bridgehead atoms. The van der Waals surface area contributed by atoms with Gasteiger partial charge in [0.15, 0.2) is 6.10 Å². The molecule has 0 amide bonds. The van der Waals surface area contributed by atoms with Gasteiger partial charge in [-0.2, -0.15) is 0 Å². The van der Waals surface area contributed by atoms with Crippen LogP contribution in [0.4, 0.5) is 0 Å². The molecule has 5 heteroatoms. The minimum atomic E-state index is -0.617. The SMILES string of the molecule is CCCCC/C=C\C/C=C\C/C=C\C/C=C\CCCC(=O)O[C@@H](COCc1ccccc1)COC(=O)CCCCCCCCCCCCCCC. The summed E-state index contributed by atoms with van der Waals surface area (Å²) in [7, 11) is 0. The molecule has 5 nitrogen and oxygen atoms in total. The molecule has 1 atom stereocenters. The van der Waals surface area contributed by atoms with Gasteiger partial charge in [0.1, 0.15) is 6.61 Å². The maximum atomic E-state index is 12.6. The summed E-state index contributed by atoms with van der Waals surface area (Å²) >= 11 is 0. The molecule has 0 fully saturated rings. The first kappa shape index (κ1) is 46.1. The summed E-state index contributed by atoms with van der Waals surface area (Å²) < 4.78 is 17.1. The van der Waals surface area contributed by atoms with Crippen LogP contribution < -0.4 is 0 Å². The lowest BCUT2D eigenvalue weighted by Crippen LogP contribution is -2.29. The average molecular weight is 707 g/mol. The molecule has 0 saturated heterocycles. The first-order valence-electron chi connectivity index (χ1n) is 20.7. The molecular weight excluding hydrogens is 633 g/mol. The summed E-state index contributed by atoms with van der Waals surface area (Å²) in [6, 6.07) is 9.88. The van der Waals surface area contributed by atoms with Crippen LogP contribution in [0.5, 0.6) is 0 Å². The van der Waals surface area contributed by atoms with Crippen LogP contribution in [-0.4, -0.2) is 31.3 Å². The zero-order valence-corrected chi connectivity index (χ0v) is 32.7. The molecule has 0 radical (unpaired) electrons. The Morgan fingerprint density at radius 1 is 0.529 bits per heavy atom. The lowest BCUT2D eigenvalue weighted by molar-refractivity contribution is -0.163. The monoisotopic (exact) mass is 707 g/mol. The van der Waals surface area contributed by atoms with Crippen molar-refractivity contribution in [2.75, 3.05) is 13.2 Å². The van der Waals surface area contributed by atoms with Crippen LogP contribution >= 0.6 is 0 Å². The fraction of sp³-hybridized carbons (Fsp3) is 0.652. The van der Waals surface area contributed by atoms with Crippen molar-refractivity contribution in [3.63, 3.8) is 0 Å². The molecule has 0 aliphatic heterocycles. The Kier molecular flexibility index (Phi) is 33.3. The second kappa shape index (κ2) is 36.9. The summed E-state index contributed by atoms with van der Waals surface area (Å²) in [5.41, 5.74) is 1.04. The number of carbonyl (C=O) groups excluding carboxylic acids is 2. The van der Waals surface area contributed by atoms with Gasteiger partial charge in [0, 0.05) is 12.8 Å². The lowest BCUT2D eigenvalue weighted by Gasteiger charge is -2.18. The van der Waals surface area contributed by atoms with Crippen molar-refractivity contribution in [2.45, 2.75) is 181 Å². The maximum absolute atomic E-state index is 12.6. The number of hydrogen-bond donors (Lipinski definition) is 0. The summed E-state index contributed by atoms with van der Waals surface area (Å²) in [6.07, 6.45) is 43.6. The van der Waals surface area contributed by atoms with Gasteiger partial charge in [-0.3, -0.25) is 9.59 Å². The number of ether oxygens (including phenoxy) is 3. The van der Waals surface area contributed by atoms with Gasteiger partial charge in [0.25, 0.3) is 0 Å². The van der Waals surface area contributed by atoms with Crippen LogP contribution in [0.3, 0.4) is 0 Å². The molecule has 0 aromatic heterocycles. The molecule has 0 saturated carbocycles. The van der Waals surface area contributed by atoms with Crippen LogP contribution in [-0.2, 0) is 30.4 Å². The van der Waals surface area contributed by atoms with Gasteiger partial charge < -0.3 is 14.2 Å². The second-order valence-corrected chi connectivity index (χ2v) is 13.8. The zero-order chi connectivity index (χ0) is 36.7. The maximum Gasteiger partial charge on any atom is 0.306 e. The highest BCUT2D eigenvalue weighted by Gasteiger charge is 2.17. The Balaban J connectivity index is 2.23. The summed E-state index contributed by atoms with van der Waals surface area (Å²) in [6.45, 7) is 5.12. The Labute approximate surface area is 313 Å². The van der Waals surface area contributed by atoms with Gasteiger partial charge in [-0.1, -0.05) is 183 Å². The number of hydrogen-bond acceptors (Lipinski definition) is 5. The van der Waals surface area contributed by atoms with Crippen LogP contribution in [0.25, 0.3) is 0 Å². The average Bonchev–Trinajstić information content (AvgIpc) is 3.14. The first-order chi connectivity index (χ1) is 25.2. The molecule has 1 aromatic carbocycles. The predicted molar refractivity (Wildman–Crippen MR) is 216 cm³/mol. The van der Waals surface area contributed by atoms with Crippen molar-refractivity contribution in [1.82, 2.24) is 0 Å². The van der Waals surface area contributed by atoms with E-state index in [1.807, 2.05) is 30.3 Å². The third-order valence-electron chi connectivity index (χ3n) is 8.84. The molecule has 0 unspecified atom stereocenters. The molecule has 0 spiro atoms. The number of esters is 2. The van der Waals surface area contributed by atoms with E-state index in [1.165, 1.54) is 96.3 Å². The minimum absolute atomic E-state index is 0.0228. The number of rotatable bonds is 35. The number of benzene rings is 1. The van der Waals surface area contributed by atoms with Crippen molar-refractivity contribution >= 4 is 11.9 Å². The molecule has 0 aliphatic carbocycles. The van der Waals surface area contributed by atoms with Crippen LogP contribution in [0.15, 0.2) is 78.9 Å². The number of unbranched alkanes of at least 4 members (excludes halogenated alkanes) is 16. The van der Waals surface area contributed by atoms with E-state index in [2.05, 4.69) is 62.5 Å². The number of carbonyl (C=O) groups is 2. The summed E-state index contributed by atoms with van der Waals surface area (Å²) in [4.78, 5) is 25.1. The van der Waals surface area contributed by atoms with Crippen molar-refractivity contribution in [3.8, 4) is 0 Å². The van der Waals surface area contributed by atoms with Crippen molar-refractivity contribution < 1.29 is 23.8 Å². The van der Waals surface area contributed by atoms with Gasteiger partial charge in [0.2, 0.25) is 0 Å². The summed E-state index contributed by atoms with van der Waals surface area (Å²) in [5.74, 6) is -0.519. The first-order valence-corrected chi connectivity index (χ1v) is 20.7. The van der Waals surface area contributed by atoms with E-state index in [0.29, 0.717) is 25.9 Å². The predicted octanol–water partition coefficient (Wildman–Crippen LogP) is 13.3. The normalized spacial score (nSPS) is 12.5. The Hall–Kier alpha value is -2.92. The van der Waals surface area contributed by atoms with Gasteiger partial charge in [0.05, 0.1) is 13.2 Å². The Morgan fingerprint density at radius 2 is 1.00 bits per heavy atom. The topological polar surface area (TPSA) is 61.8 Å². The lowest BCUT2D eigenvalue weighted by atomic mass is 10.0. The van der Waals surface area contributed by atoms with Gasteiger partial charge in [-0.05, 0) is 56.9 Å². The van der Waals surface area contributed by atoms with Gasteiger partial charge in [-0.15, -0.1) is 0 Å². The highest BCUT2D eigenvalue weighted by atomic mass is 16.6. The molecule has 1 aromatic rings. The minimum Gasteiger partial charge on any atom is -0.462 e. The highest BCUT2D eigenvalue weighted by Crippen LogP contribution is 2.14. The van der Waals surface area contributed by atoms with E-state index in [0.717, 1.165) is 44.1 Å². The van der Waals surface area contributed by atoms with E-state index in [9.17, 15) is 9.59 Å². The third kappa shape index (κ3) is 32.7. The standard InChI is InChI=1S/C46H74O5/c1-3-5-7-9-11-13-15-17-18-19-20-22-24-26-28-30-35-39-46(48)51-44(41-49-40-43-36-32-31-33-37-43)42-50-45(47)38-34-29-27-25-23-21-16-14-12-10-8-6-4-2/h11,13,17-18,20,22,26,28,31-33,36-37,44H,3-10,12,14-16,19,21,23-25,27,29-30,34-35,38-42H2,1-2H3/b13-11-,18-17-,22-20-,28-26-/t44-/m0/s1. The van der Waals surface area contributed by atoms with Gasteiger partial charge in [-0.25, -0.2) is 0 Å². The molecule has 1 rings (SSSR count). The van der Waals surface area contributed by atoms with Crippen molar-refractivity contribution in [1.29, 1.82) is 0 Å². The van der Waals surface area contributed by atoms with Gasteiger partial charge >= 0.3 is 11.9 Å². The van der Waals surface area contributed by atoms with E-state index in [4.69, 9.17) is 14.2 Å². The smallest absolute Gasteiger partial charge is 0.306 e. The molecular formula is C46H74O5. The summed E-state index contributed by atoms with van der Waals surface area (Å²) in [5, 5.41) is 0. The third-order valence-corrected chi connectivity index (χ3v) is 8.84.